The van der Waals surface area contributed by atoms with Gasteiger partial charge >= 0.3 is 0 Å². The number of aliphatic hydroxyl groups is 1. The molecule has 0 saturated heterocycles. The summed E-state index contributed by atoms with van der Waals surface area (Å²) >= 11 is 7.22. The quantitative estimate of drug-likeness (QED) is 0.278. The third-order valence-electron chi connectivity index (χ3n) is 4.81. The molecule has 0 aliphatic heterocycles. The number of carbonyl (C=O) groups excluding carboxylic acids is 2. The van der Waals surface area contributed by atoms with Crippen molar-refractivity contribution in [3.63, 3.8) is 0 Å². The van der Waals surface area contributed by atoms with Crippen LogP contribution in [0.25, 0.3) is 10.1 Å². The van der Waals surface area contributed by atoms with Gasteiger partial charge in [0, 0.05) is 40.6 Å². The molecule has 3 aromatic heterocycles. The van der Waals surface area contributed by atoms with E-state index in [1.54, 1.807) is 30.3 Å². The molecule has 0 unspecified atom stereocenters. The first kappa shape index (κ1) is 25.9. The van der Waals surface area contributed by atoms with Crippen molar-refractivity contribution in [3.05, 3.63) is 76.0 Å². The molecule has 0 radical (unpaired) electrons. The lowest BCUT2D eigenvalue weighted by atomic mass is 10.1. The van der Waals surface area contributed by atoms with Gasteiger partial charge in [0.05, 0.1) is 28.6 Å². The van der Waals surface area contributed by atoms with Crippen LogP contribution in [0.3, 0.4) is 0 Å². The lowest BCUT2D eigenvalue weighted by Crippen LogP contribution is -2.26. The number of nitrogen functional groups attached to an aromatic ring is 1. The number of hydrogen-bond acceptors (Lipinski definition) is 8. The van der Waals surface area contributed by atoms with E-state index in [9.17, 15) is 9.59 Å². The highest BCUT2D eigenvalue weighted by Crippen LogP contribution is 2.33. The number of aromatic nitrogens is 2. The normalized spacial score (nSPS) is 10.5. The molecule has 35 heavy (non-hydrogen) atoms. The number of aliphatic hydroxyl groups excluding tert-OH is 1. The van der Waals surface area contributed by atoms with E-state index in [0.717, 1.165) is 5.56 Å². The van der Waals surface area contributed by atoms with Crippen molar-refractivity contribution in [2.75, 3.05) is 24.2 Å². The van der Waals surface area contributed by atoms with Crippen LogP contribution in [-0.4, -0.2) is 40.0 Å². The number of nitrogens with one attached hydrogen (secondary N) is 2. The van der Waals surface area contributed by atoms with Gasteiger partial charge < -0.3 is 26.2 Å². The summed E-state index contributed by atoms with van der Waals surface area (Å²) in [6.07, 6.45) is 4.36. The molecule has 1 aromatic carbocycles. The Morgan fingerprint density at radius 3 is 2.66 bits per heavy atom. The van der Waals surface area contributed by atoms with Gasteiger partial charge in [0.25, 0.3) is 11.8 Å². The lowest BCUT2D eigenvalue weighted by molar-refractivity contribution is 0.0945. The SMILES string of the molecule is C.Nc1ncc(C(=O)NCCO)c2scc(COc3cncc(C(=O)Nc4ccc(Cl)cc4)c3)c12. The maximum atomic E-state index is 12.6. The van der Waals surface area contributed by atoms with Crippen LogP contribution in [0.5, 0.6) is 5.75 Å². The Hall–Kier alpha value is -3.73. The summed E-state index contributed by atoms with van der Waals surface area (Å²) in [5, 5.41) is 17.4. The van der Waals surface area contributed by atoms with Gasteiger partial charge in [-0.3, -0.25) is 14.6 Å². The predicted molar refractivity (Wildman–Crippen MR) is 138 cm³/mol. The van der Waals surface area contributed by atoms with Crippen LogP contribution in [0.1, 0.15) is 33.7 Å². The topological polar surface area (TPSA) is 139 Å². The summed E-state index contributed by atoms with van der Waals surface area (Å²) in [6.45, 7) is 0.115. The Morgan fingerprint density at radius 2 is 1.91 bits per heavy atom. The Bertz CT molecular complexity index is 1340. The van der Waals surface area contributed by atoms with Crippen molar-refractivity contribution >= 4 is 56.3 Å². The second kappa shape index (κ2) is 11.6. The summed E-state index contributed by atoms with van der Waals surface area (Å²) in [5.74, 6) is -0.00745. The van der Waals surface area contributed by atoms with Crippen molar-refractivity contribution in [1.82, 2.24) is 15.3 Å². The zero-order valence-corrected chi connectivity index (χ0v) is 19.3. The molecule has 9 nitrogen and oxygen atoms in total. The molecule has 0 bridgehead atoms. The largest absolute Gasteiger partial charge is 0.487 e. The summed E-state index contributed by atoms with van der Waals surface area (Å²) in [7, 11) is 0. The van der Waals surface area contributed by atoms with Crippen molar-refractivity contribution in [1.29, 1.82) is 0 Å². The van der Waals surface area contributed by atoms with E-state index in [4.69, 9.17) is 27.2 Å². The third kappa shape index (κ3) is 6.04. The van der Waals surface area contributed by atoms with Gasteiger partial charge in [-0.1, -0.05) is 19.0 Å². The number of halogens is 1. The number of thiophene rings is 1. The van der Waals surface area contributed by atoms with Crippen LogP contribution in [0.2, 0.25) is 5.02 Å². The second-order valence-corrected chi connectivity index (χ2v) is 8.48. The molecule has 0 saturated carbocycles. The number of nitrogens with zero attached hydrogens (tertiary/aromatic N) is 2. The van der Waals surface area contributed by atoms with E-state index in [-0.39, 0.29) is 44.8 Å². The molecule has 182 valence electrons. The summed E-state index contributed by atoms with van der Waals surface area (Å²) in [6, 6.07) is 8.35. The lowest BCUT2D eigenvalue weighted by Gasteiger charge is -2.09. The third-order valence-corrected chi connectivity index (χ3v) is 6.13. The Kier molecular flexibility index (Phi) is 8.58. The van der Waals surface area contributed by atoms with Gasteiger partial charge in [-0.2, -0.15) is 0 Å². The number of benzene rings is 1. The van der Waals surface area contributed by atoms with Crippen LogP contribution < -0.4 is 21.1 Å². The van der Waals surface area contributed by atoms with Crippen molar-refractivity contribution < 1.29 is 19.4 Å². The fraction of sp³-hybridized carbons (Fsp3) is 0.167. The summed E-state index contributed by atoms with van der Waals surface area (Å²) < 4.78 is 6.54. The van der Waals surface area contributed by atoms with Gasteiger partial charge in [0.1, 0.15) is 18.2 Å². The van der Waals surface area contributed by atoms with Crippen LogP contribution in [0.4, 0.5) is 11.5 Å². The van der Waals surface area contributed by atoms with Crippen molar-refractivity contribution in [2.45, 2.75) is 14.0 Å². The highest BCUT2D eigenvalue weighted by Gasteiger charge is 2.18. The standard InChI is InChI=1S/C23H20ClN5O4S.CH4/c24-15-1-3-16(4-2-15)29-22(31)13-7-17(9-26-8-13)33-11-14-12-34-20-18(23(32)27-5-6-30)10-28-21(25)19(14)20;/h1-4,7-10,12,30H,5-6,11H2,(H2,25,28)(H,27,32)(H,29,31);1H4. The molecule has 5 N–H and O–H groups in total. The molecule has 0 atom stereocenters. The van der Waals surface area contributed by atoms with E-state index in [1.165, 1.54) is 29.9 Å². The maximum Gasteiger partial charge on any atom is 0.257 e. The van der Waals surface area contributed by atoms with Crippen LogP contribution >= 0.6 is 22.9 Å². The number of ether oxygens (including phenoxy) is 1. The average Bonchev–Trinajstić information content (AvgIpc) is 3.28. The first-order chi connectivity index (χ1) is 16.5. The Labute approximate surface area is 210 Å². The van der Waals surface area contributed by atoms with E-state index in [0.29, 0.717) is 37.7 Å². The fourth-order valence-corrected chi connectivity index (χ4v) is 4.38. The Balaban J connectivity index is 0.00000342. The zero-order valence-electron chi connectivity index (χ0n) is 17.7. The Morgan fingerprint density at radius 1 is 1.14 bits per heavy atom. The second-order valence-electron chi connectivity index (χ2n) is 7.16. The van der Waals surface area contributed by atoms with Gasteiger partial charge in [-0.25, -0.2) is 4.98 Å². The van der Waals surface area contributed by atoms with Crippen LogP contribution in [0, 0.1) is 0 Å². The van der Waals surface area contributed by atoms with Crippen molar-refractivity contribution in [3.8, 4) is 5.75 Å². The number of carbonyl (C=O) groups is 2. The van der Waals surface area contributed by atoms with Gasteiger partial charge in [-0.05, 0) is 35.7 Å². The highest BCUT2D eigenvalue weighted by molar-refractivity contribution is 7.17. The summed E-state index contributed by atoms with van der Waals surface area (Å²) in [4.78, 5) is 33.2. The number of fused-ring (bicyclic) bond motifs is 1. The molecule has 4 aromatic rings. The molecule has 0 fully saturated rings. The molecule has 3 heterocycles. The minimum absolute atomic E-state index is 0. The zero-order chi connectivity index (χ0) is 24.1. The molecular formula is C24H24ClN5O4S. The molecule has 0 spiro atoms. The number of hydrogen-bond donors (Lipinski definition) is 4. The molecular weight excluding hydrogens is 490 g/mol. The minimum Gasteiger partial charge on any atom is -0.487 e. The van der Waals surface area contributed by atoms with Crippen LogP contribution in [0.15, 0.2) is 54.3 Å². The predicted octanol–water partition coefficient (Wildman–Crippen LogP) is 4.12. The first-order valence-electron chi connectivity index (χ1n) is 10.1. The molecule has 11 heteroatoms. The van der Waals surface area contributed by atoms with Crippen LogP contribution in [-0.2, 0) is 6.61 Å². The monoisotopic (exact) mass is 513 g/mol. The number of rotatable bonds is 8. The van der Waals surface area contributed by atoms with Gasteiger partial charge in [0.15, 0.2) is 0 Å². The van der Waals surface area contributed by atoms with E-state index < -0.39 is 0 Å². The maximum absolute atomic E-state index is 12.6. The number of nitrogens with two attached hydrogens (primary N) is 1. The molecule has 4 rings (SSSR count). The number of pyridine rings is 2. The van der Waals surface area contributed by atoms with Gasteiger partial charge in [-0.15, -0.1) is 11.3 Å². The fourth-order valence-electron chi connectivity index (χ4n) is 3.18. The number of anilines is 2. The minimum atomic E-state index is -0.343. The average molecular weight is 514 g/mol. The van der Waals surface area contributed by atoms with Gasteiger partial charge in [0.2, 0.25) is 0 Å². The van der Waals surface area contributed by atoms with E-state index in [2.05, 4.69) is 20.6 Å². The molecule has 2 amide bonds. The number of amides is 2. The summed E-state index contributed by atoms with van der Waals surface area (Å²) in [5.41, 5.74) is 8.13. The van der Waals surface area contributed by atoms with Crippen molar-refractivity contribution in [2.24, 2.45) is 0 Å². The highest BCUT2D eigenvalue weighted by atomic mass is 35.5. The first-order valence-corrected chi connectivity index (χ1v) is 11.4. The molecule has 0 aliphatic carbocycles. The molecule has 0 aliphatic rings. The smallest absolute Gasteiger partial charge is 0.257 e. The van der Waals surface area contributed by atoms with E-state index in [1.807, 2.05) is 5.38 Å². The van der Waals surface area contributed by atoms with E-state index >= 15 is 0 Å².